The second-order valence-corrected chi connectivity index (χ2v) is 9.90. The Balaban J connectivity index is 0.00000544. The van der Waals surface area contributed by atoms with Crippen LogP contribution in [0.1, 0.15) is 56.5 Å². The van der Waals surface area contributed by atoms with Crippen molar-refractivity contribution in [3.05, 3.63) is 35.4 Å². The highest BCUT2D eigenvalue weighted by Gasteiger charge is 2.35. The van der Waals surface area contributed by atoms with Crippen LogP contribution in [-0.2, 0) is 11.3 Å². The summed E-state index contributed by atoms with van der Waals surface area (Å²) in [5, 5.41) is 9.81. The normalized spacial score (nSPS) is 19.1. The zero-order chi connectivity index (χ0) is 23.6. The third kappa shape index (κ3) is 10.6. The van der Waals surface area contributed by atoms with Gasteiger partial charge < -0.3 is 25.6 Å². The molecule has 0 bridgehead atoms. The second kappa shape index (κ2) is 14.8. The average molecular weight is 574 g/mol. The van der Waals surface area contributed by atoms with Crippen molar-refractivity contribution >= 4 is 35.8 Å². The Bertz CT molecular complexity index is 749. The fraction of sp³-hybridized carbons (Fsp3) is 0.680. The van der Waals surface area contributed by atoms with Gasteiger partial charge in [-0.2, -0.15) is 0 Å². The summed E-state index contributed by atoms with van der Waals surface area (Å²) < 4.78 is 6.11. The van der Waals surface area contributed by atoms with Crippen molar-refractivity contribution in [2.45, 2.75) is 53.2 Å². The Labute approximate surface area is 217 Å². The number of hydrogen-bond acceptors (Lipinski definition) is 4. The van der Waals surface area contributed by atoms with Crippen molar-refractivity contribution in [1.29, 1.82) is 0 Å². The Hall–Kier alpha value is -1.39. The lowest BCUT2D eigenvalue weighted by Gasteiger charge is -2.40. The number of likely N-dealkylation sites (N-methyl/N-ethyl adjacent to an activating group) is 1. The quantitative estimate of drug-likeness (QED) is 0.240. The maximum Gasteiger partial charge on any atom is 0.251 e. The lowest BCUT2D eigenvalue weighted by atomic mass is 9.78. The van der Waals surface area contributed by atoms with Crippen LogP contribution in [0.5, 0.6) is 0 Å². The molecule has 3 N–H and O–H groups in total. The van der Waals surface area contributed by atoms with Crippen molar-refractivity contribution < 1.29 is 9.53 Å². The largest absolute Gasteiger partial charge is 0.377 e. The first-order chi connectivity index (χ1) is 15.2. The van der Waals surface area contributed by atoms with Gasteiger partial charge in [0.1, 0.15) is 0 Å². The first kappa shape index (κ1) is 29.6. The van der Waals surface area contributed by atoms with E-state index in [0.717, 1.165) is 44.2 Å². The molecule has 0 spiro atoms. The Kier molecular flexibility index (Phi) is 13.3. The molecular formula is C25H44IN5O2. The fourth-order valence-corrected chi connectivity index (χ4v) is 4.06. The standard InChI is InChI=1S/C25H43N5O2.HI/c1-7-26-24(29-18-21-12-9-15-32-22(21)25(2,3)4)28-17-19-10-8-11-20(16-19)23(31)27-13-14-30(5)6;/h8,10-11,16,21-22H,7,9,12-15,17-18H2,1-6H3,(H,27,31)(H2,26,28,29);1H. The highest BCUT2D eigenvalue weighted by Crippen LogP contribution is 2.33. The number of benzene rings is 1. The molecule has 188 valence electrons. The number of ether oxygens (including phenoxy) is 1. The summed E-state index contributed by atoms with van der Waals surface area (Å²) >= 11 is 0. The van der Waals surface area contributed by atoms with Crippen LogP contribution < -0.4 is 16.0 Å². The third-order valence-electron chi connectivity index (χ3n) is 5.63. The predicted molar refractivity (Wildman–Crippen MR) is 147 cm³/mol. The number of carbonyl (C=O) groups excluding carboxylic acids is 1. The van der Waals surface area contributed by atoms with Crippen LogP contribution in [0.4, 0.5) is 0 Å². The van der Waals surface area contributed by atoms with E-state index in [9.17, 15) is 4.79 Å². The number of nitrogens with one attached hydrogen (secondary N) is 3. The SMILES string of the molecule is CCNC(=NCc1cccc(C(=O)NCCN(C)C)c1)NCC1CCCOC1C(C)(C)C.I. The molecule has 1 aliphatic rings. The zero-order valence-corrected chi connectivity index (χ0v) is 23.6. The molecule has 1 saturated heterocycles. The molecule has 2 unspecified atom stereocenters. The number of nitrogens with zero attached hydrogens (tertiary/aromatic N) is 2. The molecule has 1 aromatic carbocycles. The highest BCUT2D eigenvalue weighted by atomic mass is 127. The summed E-state index contributed by atoms with van der Waals surface area (Å²) in [5.41, 5.74) is 1.80. The highest BCUT2D eigenvalue weighted by molar-refractivity contribution is 14.0. The van der Waals surface area contributed by atoms with E-state index < -0.39 is 0 Å². The molecule has 2 rings (SSSR count). The molecule has 1 heterocycles. The van der Waals surface area contributed by atoms with Crippen LogP contribution in [0, 0.1) is 11.3 Å². The molecule has 7 nitrogen and oxygen atoms in total. The Morgan fingerprint density at radius 1 is 1.21 bits per heavy atom. The van der Waals surface area contributed by atoms with Crippen molar-refractivity contribution in [3.63, 3.8) is 0 Å². The van der Waals surface area contributed by atoms with Crippen molar-refractivity contribution in [2.24, 2.45) is 16.3 Å². The van der Waals surface area contributed by atoms with Crippen molar-refractivity contribution in [1.82, 2.24) is 20.9 Å². The lowest BCUT2D eigenvalue weighted by molar-refractivity contribution is -0.0835. The van der Waals surface area contributed by atoms with Gasteiger partial charge in [-0.05, 0) is 57.0 Å². The van der Waals surface area contributed by atoms with Crippen molar-refractivity contribution in [2.75, 3.05) is 46.9 Å². The van der Waals surface area contributed by atoms with E-state index in [2.05, 4.69) is 43.6 Å². The maximum atomic E-state index is 12.4. The number of hydrogen-bond donors (Lipinski definition) is 3. The second-order valence-electron chi connectivity index (χ2n) is 9.90. The van der Waals surface area contributed by atoms with E-state index in [4.69, 9.17) is 9.73 Å². The van der Waals surface area contributed by atoms with E-state index in [0.29, 0.717) is 24.6 Å². The minimum atomic E-state index is -0.0479. The van der Waals surface area contributed by atoms with Gasteiger partial charge in [0.25, 0.3) is 5.91 Å². The van der Waals surface area contributed by atoms with E-state index in [-0.39, 0.29) is 41.4 Å². The molecule has 0 aliphatic carbocycles. The van der Waals surface area contributed by atoms with Gasteiger partial charge in [0.15, 0.2) is 5.96 Å². The van der Waals surface area contributed by atoms with Crippen LogP contribution in [-0.4, -0.2) is 69.8 Å². The molecule has 1 amide bonds. The van der Waals surface area contributed by atoms with Crippen LogP contribution in [0.25, 0.3) is 0 Å². The molecule has 1 aromatic rings. The van der Waals surface area contributed by atoms with Gasteiger partial charge in [-0.3, -0.25) is 4.79 Å². The Morgan fingerprint density at radius 2 is 1.97 bits per heavy atom. The molecule has 1 fully saturated rings. The molecule has 1 aliphatic heterocycles. The molecule has 0 saturated carbocycles. The fourth-order valence-electron chi connectivity index (χ4n) is 4.06. The topological polar surface area (TPSA) is 78.0 Å². The summed E-state index contributed by atoms with van der Waals surface area (Å²) in [6.45, 7) is 13.3. The van der Waals surface area contributed by atoms with Gasteiger partial charge >= 0.3 is 0 Å². The van der Waals surface area contributed by atoms with Crippen LogP contribution in [0.3, 0.4) is 0 Å². The minimum Gasteiger partial charge on any atom is -0.377 e. The van der Waals surface area contributed by atoms with Crippen molar-refractivity contribution in [3.8, 4) is 0 Å². The number of rotatable bonds is 9. The number of halogens is 1. The molecule has 0 radical (unpaired) electrons. The van der Waals surface area contributed by atoms with E-state index in [1.807, 2.05) is 43.3 Å². The summed E-state index contributed by atoms with van der Waals surface area (Å²) in [6, 6.07) is 7.69. The first-order valence-corrected chi connectivity index (χ1v) is 11.9. The summed E-state index contributed by atoms with van der Waals surface area (Å²) in [4.78, 5) is 19.2. The number of carbonyl (C=O) groups is 1. The van der Waals surface area contributed by atoms with Crippen LogP contribution >= 0.6 is 24.0 Å². The molecule has 0 aromatic heterocycles. The lowest BCUT2D eigenvalue weighted by Crippen LogP contribution is -2.47. The third-order valence-corrected chi connectivity index (χ3v) is 5.63. The predicted octanol–water partition coefficient (Wildman–Crippen LogP) is 3.49. The first-order valence-electron chi connectivity index (χ1n) is 11.9. The molecule has 8 heteroatoms. The number of guanidine groups is 1. The van der Waals surface area contributed by atoms with Crippen LogP contribution in [0.15, 0.2) is 29.3 Å². The summed E-state index contributed by atoms with van der Waals surface area (Å²) in [5.74, 6) is 1.21. The van der Waals surface area contributed by atoms with Gasteiger partial charge in [-0.15, -0.1) is 24.0 Å². The van der Waals surface area contributed by atoms with E-state index in [1.54, 1.807) is 0 Å². The van der Waals surface area contributed by atoms with E-state index in [1.165, 1.54) is 6.42 Å². The summed E-state index contributed by atoms with van der Waals surface area (Å²) in [6.07, 6.45) is 2.52. The van der Waals surface area contributed by atoms with E-state index >= 15 is 0 Å². The molecular weight excluding hydrogens is 529 g/mol. The van der Waals surface area contributed by atoms with Gasteiger partial charge in [0, 0.05) is 44.3 Å². The smallest absolute Gasteiger partial charge is 0.251 e. The maximum absolute atomic E-state index is 12.4. The molecule has 33 heavy (non-hydrogen) atoms. The minimum absolute atomic E-state index is 0. The van der Waals surface area contributed by atoms with Gasteiger partial charge in [-0.25, -0.2) is 4.99 Å². The summed E-state index contributed by atoms with van der Waals surface area (Å²) in [7, 11) is 3.98. The van der Waals surface area contributed by atoms with Gasteiger partial charge in [0.05, 0.1) is 12.6 Å². The monoisotopic (exact) mass is 573 g/mol. The number of amides is 1. The van der Waals surface area contributed by atoms with Gasteiger partial charge in [-0.1, -0.05) is 32.9 Å². The zero-order valence-electron chi connectivity index (χ0n) is 21.2. The van der Waals surface area contributed by atoms with Crippen LogP contribution in [0.2, 0.25) is 0 Å². The Morgan fingerprint density at radius 3 is 2.64 bits per heavy atom. The number of aliphatic imine (C=N–C) groups is 1. The molecule has 2 atom stereocenters. The average Bonchev–Trinajstić information content (AvgIpc) is 2.75. The van der Waals surface area contributed by atoms with Gasteiger partial charge in [0.2, 0.25) is 0 Å².